The minimum atomic E-state index is 0.0885. The topological polar surface area (TPSA) is 35.6 Å². The van der Waals surface area contributed by atoms with Crippen LogP contribution in [0.1, 0.15) is 51.7 Å². The monoisotopic (exact) mass is 696 g/mol. The van der Waals surface area contributed by atoms with Gasteiger partial charge in [-0.3, -0.25) is 4.57 Å². The number of benzene rings is 7. The van der Waals surface area contributed by atoms with Gasteiger partial charge in [0.2, 0.25) is 5.95 Å². The largest absolute Gasteiger partial charge is 0.309 e. The number of nitrogens with zero attached hydrogens (tertiary/aromatic N) is 4. The molecule has 0 saturated heterocycles. The Balaban J connectivity index is 1.35. The molecule has 0 bridgehead atoms. The maximum atomic E-state index is 5.45. The van der Waals surface area contributed by atoms with Gasteiger partial charge in [-0.25, -0.2) is 9.97 Å². The van der Waals surface area contributed by atoms with E-state index < -0.39 is 0 Å². The van der Waals surface area contributed by atoms with Gasteiger partial charge in [0.05, 0.1) is 33.3 Å². The Hall–Kier alpha value is -6.26. The van der Waals surface area contributed by atoms with Gasteiger partial charge in [-0.2, -0.15) is 0 Å². The number of hydrogen-bond acceptors (Lipinski definition) is 2. The van der Waals surface area contributed by atoms with Crippen LogP contribution in [0, 0.1) is 0 Å². The summed E-state index contributed by atoms with van der Waals surface area (Å²) in [5.74, 6) is 0.671. The smallest absolute Gasteiger partial charge is 0.235 e. The van der Waals surface area contributed by atoms with Crippen molar-refractivity contribution in [2.24, 2.45) is 0 Å². The van der Waals surface area contributed by atoms with Crippen molar-refractivity contribution in [3.05, 3.63) is 157 Å². The third kappa shape index (κ3) is 4.37. The lowest BCUT2D eigenvalue weighted by atomic mass is 9.63. The first-order chi connectivity index (χ1) is 26.3. The Morgan fingerprint density at radius 2 is 1.13 bits per heavy atom. The summed E-state index contributed by atoms with van der Waals surface area (Å²) in [5, 5.41) is 8.38. The van der Waals surface area contributed by atoms with Crippen LogP contribution >= 0.6 is 0 Å². The average Bonchev–Trinajstić information content (AvgIpc) is 3.72. The van der Waals surface area contributed by atoms with Crippen LogP contribution < -0.4 is 0 Å². The first-order valence-electron chi connectivity index (χ1n) is 19.1. The summed E-state index contributed by atoms with van der Waals surface area (Å²) in [7, 11) is 0. The summed E-state index contributed by atoms with van der Waals surface area (Å²) in [4.78, 5) is 10.8. The third-order valence-corrected chi connectivity index (χ3v) is 12.4. The highest BCUT2D eigenvalue weighted by Gasteiger charge is 2.38. The predicted molar refractivity (Wildman–Crippen MR) is 226 cm³/mol. The summed E-state index contributed by atoms with van der Waals surface area (Å²) in [5.41, 5.74) is 11.9. The first-order valence-corrected chi connectivity index (χ1v) is 19.1. The average molecular weight is 697 g/mol. The summed E-state index contributed by atoms with van der Waals surface area (Å²) in [6, 6.07) is 52.8. The Kier molecular flexibility index (Phi) is 6.45. The van der Waals surface area contributed by atoms with Gasteiger partial charge in [-0.1, -0.05) is 137 Å². The van der Waals surface area contributed by atoms with E-state index in [9.17, 15) is 0 Å². The van der Waals surface area contributed by atoms with Crippen molar-refractivity contribution in [3.63, 3.8) is 0 Å². The zero-order chi connectivity index (χ0) is 36.3. The summed E-state index contributed by atoms with van der Waals surface area (Å²) in [6.45, 7) is 9.69. The molecule has 3 heterocycles. The van der Waals surface area contributed by atoms with E-state index in [1.54, 1.807) is 0 Å². The van der Waals surface area contributed by atoms with Gasteiger partial charge in [0.25, 0.3) is 0 Å². The Labute approximate surface area is 314 Å². The zero-order valence-corrected chi connectivity index (χ0v) is 31.1. The summed E-state index contributed by atoms with van der Waals surface area (Å²) < 4.78 is 4.86. The molecular formula is C50H40N4. The molecule has 54 heavy (non-hydrogen) atoms. The molecule has 260 valence electrons. The minimum Gasteiger partial charge on any atom is -0.309 e. The summed E-state index contributed by atoms with van der Waals surface area (Å²) in [6.07, 6.45) is 2.35. The van der Waals surface area contributed by atoms with Crippen LogP contribution in [0.3, 0.4) is 0 Å². The number of aromatic nitrogens is 4. The second-order valence-corrected chi connectivity index (χ2v) is 16.5. The highest BCUT2D eigenvalue weighted by Crippen LogP contribution is 2.50. The van der Waals surface area contributed by atoms with Crippen molar-refractivity contribution in [2.45, 2.75) is 51.4 Å². The van der Waals surface area contributed by atoms with Crippen LogP contribution in [0.5, 0.6) is 0 Å². The van der Waals surface area contributed by atoms with Crippen molar-refractivity contribution in [1.29, 1.82) is 0 Å². The van der Waals surface area contributed by atoms with Gasteiger partial charge in [0.1, 0.15) is 0 Å². The first kappa shape index (κ1) is 31.3. The van der Waals surface area contributed by atoms with Crippen LogP contribution in [0.2, 0.25) is 0 Å². The molecule has 1 aliphatic carbocycles. The Morgan fingerprint density at radius 1 is 0.481 bits per heavy atom. The van der Waals surface area contributed by atoms with Crippen LogP contribution in [0.4, 0.5) is 0 Å². The molecule has 0 atom stereocenters. The number of para-hydroxylation sites is 2. The zero-order valence-electron chi connectivity index (χ0n) is 31.1. The molecule has 0 N–H and O–H groups in total. The fraction of sp³-hybridized carbons (Fsp3) is 0.160. The maximum absolute atomic E-state index is 5.45. The van der Waals surface area contributed by atoms with Gasteiger partial charge in [-0.15, -0.1) is 0 Å². The molecule has 7 aromatic carbocycles. The molecule has 0 radical (unpaired) electrons. The quantitative estimate of drug-likeness (QED) is 0.184. The molecule has 10 aromatic rings. The van der Waals surface area contributed by atoms with Crippen molar-refractivity contribution in [1.82, 2.24) is 19.1 Å². The van der Waals surface area contributed by atoms with Crippen LogP contribution in [0.15, 0.2) is 146 Å². The molecule has 0 amide bonds. The molecule has 11 rings (SSSR count). The van der Waals surface area contributed by atoms with Crippen LogP contribution in [-0.4, -0.2) is 19.1 Å². The molecule has 4 nitrogen and oxygen atoms in total. The predicted octanol–water partition coefficient (Wildman–Crippen LogP) is 13.0. The number of fused-ring (bicyclic) bond motifs is 11. The third-order valence-electron chi connectivity index (χ3n) is 12.4. The standard InChI is InChI=1S/C50H40N4/c1-49(2)27-28-50(3,4)40-30-43-38(29-39(40)49)35-25-26-42-44(47(35)53(43)33-18-9-6-10-19-33)37-24-23-31-15-11-12-20-34(31)46(37)54(42)48-51-41-22-14-13-21-36(41)45(52-48)32-16-7-5-8-17-32/h5-26,29-30H,27-28H2,1-4H3. The van der Waals surface area contributed by atoms with Crippen molar-refractivity contribution < 1.29 is 0 Å². The van der Waals surface area contributed by atoms with E-state index in [1.165, 1.54) is 67.3 Å². The van der Waals surface area contributed by atoms with Crippen LogP contribution in [0.25, 0.3) is 88.2 Å². The normalized spacial score (nSPS) is 15.2. The molecule has 4 heteroatoms. The molecule has 0 spiro atoms. The Bertz CT molecular complexity index is 3150. The minimum absolute atomic E-state index is 0.0885. The van der Waals surface area contributed by atoms with Crippen molar-refractivity contribution in [3.8, 4) is 22.9 Å². The highest BCUT2D eigenvalue weighted by atomic mass is 15.2. The molecular weight excluding hydrogens is 657 g/mol. The van der Waals surface area contributed by atoms with E-state index in [2.05, 4.69) is 182 Å². The highest BCUT2D eigenvalue weighted by molar-refractivity contribution is 6.29. The fourth-order valence-corrected chi connectivity index (χ4v) is 9.46. The van der Waals surface area contributed by atoms with E-state index in [0.29, 0.717) is 5.95 Å². The number of rotatable bonds is 3. The lowest BCUT2D eigenvalue weighted by molar-refractivity contribution is 0.332. The molecule has 0 aliphatic heterocycles. The van der Waals surface area contributed by atoms with E-state index in [1.807, 2.05) is 0 Å². The van der Waals surface area contributed by atoms with Crippen molar-refractivity contribution >= 4 is 65.3 Å². The van der Waals surface area contributed by atoms with Gasteiger partial charge < -0.3 is 4.57 Å². The SMILES string of the molecule is CC1(C)CCC(C)(C)c2cc3c(cc21)c1ccc2c(c4ccc5ccccc5c4n2-c2nc(-c4ccccc4)c4ccccc4n2)c1n3-c1ccccc1. The molecule has 0 saturated carbocycles. The maximum Gasteiger partial charge on any atom is 0.235 e. The molecule has 3 aromatic heterocycles. The van der Waals surface area contributed by atoms with Crippen molar-refractivity contribution in [2.75, 3.05) is 0 Å². The molecule has 0 fully saturated rings. The lowest BCUT2D eigenvalue weighted by Crippen LogP contribution is -2.33. The second-order valence-electron chi connectivity index (χ2n) is 16.5. The fourth-order valence-electron chi connectivity index (χ4n) is 9.46. The van der Waals surface area contributed by atoms with Gasteiger partial charge in [0, 0.05) is 43.6 Å². The van der Waals surface area contributed by atoms with Gasteiger partial charge >= 0.3 is 0 Å². The van der Waals surface area contributed by atoms with E-state index >= 15 is 0 Å². The number of hydrogen-bond donors (Lipinski definition) is 0. The molecule has 1 aliphatic rings. The van der Waals surface area contributed by atoms with E-state index in [4.69, 9.17) is 9.97 Å². The van der Waals surface area contributed by atoms with Crippen LogP contribution in [-0.2, 0) is 10.8 Å². The summed E-state index contributed by atoms with van der Waals surface area (Å²) >= 11 is 0. The van der Waals surface area contributed by atoms with E-state index in [0.717, 1.165) is 38.9 Å². The van der Waals surface area contributed by atoms with Gasteiger partial charge in [0.15, 0.2) is 0 Å². The molecule has 0 unspecified atom stereocenters. The second kappa shape index (κ2) is 11.1. The Morgan fingerprint density at radius 3 is 1.91 bits per heavy atom. The lowest BCUT2D eigenvalue weighted by Gasteiger charge is -2.42. The van der Waals surface area contributed by atoms with Gasteiger partial charge in [-0.05, 0) is 76.6 Å². The van der Waals surface area contributed by atoms with E-state index in [-0.39, 0.29) is 10.8 Å².